The molecule has 0 saturated heterocycles. The van der Waals surface area contributed by atoms with Crippen LogP contribution in [0.2, 0.25) is 0 Å². The molecule has 0 amide bonds. The maximum atomic E-state index is 2.45. The molecule has 0 N–H and O–H groups in total. The number of unbranched alkanes of at least 4 members (excludes halogenated alkanes) is 26. The summed E-state index contributed by atoms with van der Waals surface area (Å²) < 4.78 is 0. The van der Waals surface area contributed by atoms with Crippen molar-refractivity contribution in [3.63, 3.8) is 0 Å². The van der Waals surface area contributed by atoms with Crippen molar-refractivity contribution in [2.24, 2.45) is 0 Å². The highest BCUT2D eigenvalue weighted by molar-refractivity contribution is 4.82. The van der Waals surface area contributed by atoms with Crippen molar-refractivity contribution < 1.29 is 0 Å². The third-order valence-electron chi connectivity index (χ3n) is 7.52. The Morgan fingerprint density at radius 3 is 0.600 bits per heavy atom. The first-order valence-electron chi connectivity index (χ1n) is 16.7. The summed E-state index contributed by atoms with van der Waals surface area (Å²) >= 11 is 0. The molecule has 0 atom stereocenters. The Labute approximate surface area is 224 Å². The first-order chi connectivity index (χ1) is 17.4. The molecule has 0 spiro atoms. The van der Waals surface area contributed by atoms with Gasteiger partial charge in [-0.15, -0.1) is 0 Å². The normalized spacial score (nSPS) is 11.9. The van der Waals surface area contributed by atoms with Crippen LogP contribution in [0.4, 0.5) is 0 Å². The zero-order valence-electron chi connectivity index (χ0n) is 24.8. The molecular weight excluding hydrogens is 420 g/mol. The van der Waals surface area contributed by atoms with Crippen LogP contribution in [-0.4, -0.2) is 0 Å². The predicted molar refractivity (Wildman–Crippen MR) is 164 cm³/mol. The molecule has 0 bridgehead atoms. The van der Waals surface area contributed by atoms with Crippen molar-refractivity contribution in [3.8, 4) is 0 Å². The van der Waals surface area contributed by atoms with Crippen molar-refractivity contribution in [1.82, 2.24) is 0 Å². The van der Waals surface area contributed by atoms with E-state index in [2.05, 4.69) is 38.2 Å². The lowest BCUT2D eigenvalue weighted by atomic mass is 10.0. The van der Waals surface area contributed by atoms with E-state index in [1.165, 1.54) is 186 Å². The van der Waals surface area contributed by atoms with Crippen LogP contribution in [-0.2, 0) is 0 Å². The largest absolute Gasteiger partial charge is 0.0885 e. The lowest BCUT2D eigenvalue weighted by molar-refractivity contribution is 0.542. The smallest absolute Gasteiger partial charge is 0.0351 e. The van der Waals surface area contributed by atoms with Gasteiger partial charge in [-0.05, 0) is 51.4 Å². The topological polar surface area (TPSA) is 0 Å². The van der Waals surface area contributed by atoms with Crippen LogP contribution in [0.3, 0.4) is 0 Å². The third-order valence-corrected chi connectivity index (χ3v) is 7.52. The maximum Gasteiger partial charge on any atom is -0.0351 e. The van der Waals surface area contributed by atoms with Crippen LogP contribution >= 0.6 is 0 Å². The maximum absolute atomic E-state index is 2.45. The van der Waals surface area contributed by atoms with Gasteiger partial charge in [0.25, 0.3) is 0 Å². The zero-order chi connectivity index (χ0) is 25.3. The summed E-state index contributed by atoms with van der Waals surface area (Å²) in [4.78, 5) is 0. The van der Waals surface area contributed by atoms with Gasteiger partial charge >= 0.3 is 0 Å². The van der Waals surface area contributed by atoms with Gasteiger partial charge < -0.3 is 0 Å². The second-order valence-corrected chi connectivity index (χ2v) is 11.2. The first kappa shape index (κ1) is 34.5. The highest BCUT2D eigenvalue weighted by Crippen LogP contribution is 2.14. The molecule has 208 valence electrons. The van der Waals surface area contributed by atoms with Crippen LogP contribution in [0.5, 0.6) is 0 Å². The standard InChI is InChI=1S/C35H68/c1-3-5-7-9-11-13-15-17-19-21-23-25-27-29-31-33-35-34-32-30-28-26-24-22-20-18-16-14-12-10-8-6-4-2/h17,19-20,22H,3-16,18,21,23-35H2,1-2H3. The summed E-state index contributed by atoms with van der Waals surface area (Å²) in [7, 11) is 0. The van der Waals surface area contributed by atoms with E-state index in [9.17, 15) is 0 Å². The van der Waals surface area contributed by atoms with Crippen molar-refractivity contribution in [3.05, 3.63) is 24.3 Å². The van der Waals surface area contributed by atoms with Crippen molar-refractivity contribution in [1.29, 1.82) is 0 Å². The number of hydrogen-bond acceptors (Lipinski definition) is 0. The van der Waals surface area contributed by atoms with Crippen LogP contribution in [0, 0.1) is 0 Å². The van der Waals surface area contributed by atoms with Gasteiger partial charge in [-0.25, -0.2) is 0 Å². The molecule has 0 aliphatic rings. The Kier molecular flexibility index (Phi) is 33.0. The fraction of sp³-hybridized carbons (Fsp3) is 0.886. The molecule has 0 radical (unpaired) electrons. The monoisotopic (exact) mass is 489 g/mol. The molecule has 0 aromatic rings. The van der Waals surface area contributed by atoms with Crippen molar-refractivity contribution in [2.45, 2.75) is 200 Å². The second-order valence-electron chi connectivity index (χ2n) is 11.2. The minimum Gasteiger partial charge on any atom is -0.0885 e. The van der Waals surface area contributed by atoms with Crippen LogP contribution < -0.4 is 0 Å². The second kappa shape index (κ2) is 33.5. The first-order valence-corrected chi connectivity index (χ1v) is 16.7. The van der Waals surface area contributed by atoms with Gasteiger partial charge in [0, 0.05) is 0 Å². The van der Waals surface area contributed by atoms with Gasteiger partial charge in [-0.2, -0.15) is 0 Å². The van der Waals surface area contributed by atoms with E-state index in [1.807, 2.05) is 0 Å². The number of hydrogen-bond donors (Lipinski definition) is 0. The molecule has 0 rings (SSSR count). The number of allylic oxidation sites excluding steroid dienone is 4. The third kappa shape index (κ3) is 33.5. The van der Waals surface area contributed by atoms with E-state index in [-0.39, 0.29) is 0 Å². The molecule has 0 heterocycles. The van der Waals surface area contributed by atoms with Gasteiger partial charge in [-0.3, -0.25) is 0 Å². The van der Waals surface area contributed by atoms with Gasteiger partial charge in [0.05, 0.1) is 0 Å². The SMILES string of the molecule is CCCCCCCCC=CCCCCCCCCCCCCCCC=CCCCCCCCCC. The minimum absolute atomic E-state index is 1.31. The van der Waals surface area contributed by atoms with Gasteiger partial charge in [-0.1, -0.05) is 173 Å². The Morgan fingerprint density at radius 2 is 0.400 bits per heavy atom. The van der Waals surface area contributed by atoms with Crippen LogP contribution in [0.15, 0.2) is 24.3 Å². The molecule has 0 aliphatic carbocycles. The molecule has 0 aromatic heterocycles. The summed E-state index contributed by atoms with van der Waals surface area (Å²) in [5.41, 5.74) is 0. The molecule has 0 nitrogen and oxygen atoms in total. The molecule has 35 heavy (non-hydrogen) atoms. The molecule has 0 aromatic carbocycles. The van der Waals surface area contributed by atoms with E-state index in [4.69, 9.17) is 0 Å². The van der Waals surface area contributed by atoms with Crippen LogP contribution in [0.1, 0.15) is 200 Å². The van der Waals surface area contributed by atoms with Crippen molar-refractivity contribution in [2.75, 3.05) is 0 Å². The Balaban J connectivity index is 3.10. The minimum atomic E-state index is 1.31. The fourth-order valence-corrected chi connectivity index (χ4v) is 5.03. The number of rotatable bonds is 30. The van der Waals surface area contributed by atoms with E-state index in [0.29, 0.717) is 0 Å². The Hall–Kier alpha value is -0.520. The van der Waals surface area contributed by atoms with Gasteiger partial charge in [0.2, 0.25) is 0 Å². The molecule has 0 aliphatic heterocycles. The molecular formula is C35H68. The highest BCUT2D eigenvalue weighted by Gasteiger charge is 1.94. The molecule has 0 unspecified atom stereocenters. The summed E-state index contributed by atoms with van der Waals surface area (Å²) in [6.07, 6.45) is 50.9. The highest BCUT2D eigenvalue weighted by atomic mass is 14.0. The van der Waals surface area contributed by atoms with Gasteiger partial charge in [0.15, 0.2) is 0 Å². The van der Waals surface area contributed by atoms with Gasteiger partial charge in [0.1, 0.15) is 0 Å². The summed E-state index contributed by atoms with van der Waals surface area (Å²) in [5.74, 6) is 0. The molecule has 0 fully saturated rings. The summed E-state index contributed by atoms with van der Waals surface area (Å²) in [5, 5.41) is 0. The van der Waals surface area contributed by atoms with E-state index in [1.54, 1.807) is 0 Å². The molecule has 0 heteroatoms. The average Bonchev–Trinajstić information content (AvgIpc) is 2.87. The summed E-state index contributed by atoms with van der Waals surface area (Å²) in [6, 6.07) is 0. The molecule has 0 saturated carbocycles. The average molecular weight is 489 g/mol. The zero-order valence-corrected chi connectivity index (χ0v) is 24.8. The fourth-order valence-electron chi connectivity index (χ4n) is 5.03. The van der Waals surface area contributed by atoms with Crippen LogP contribution in [0.25, 0.3) is 0 Å². The van der Waals surface area contributed by atoms with E-state index < -0.39 is 0 Å². The summed E-state index contributed by atoms with van der Waals surface area (Å²) in [6.45, 7) is 4.59. The lowest BCUT2D eigenvalue weighted by Gasteiger charge is -2.02. The Bertz CT molecular complexity index is 404. The Morgan fingerprint density at radius 1 is 0.229 bits per heavy atom. The van der Waals surface area contributed by atoms with Crippen molar-refractivity contribution >= 4 is 0 Å². The quantitative estimate of drug-likeness (QED) is 0.0696. The van der Waals surface area contributed by atoms with E-state index >= 15 is 0 Å². The predicted octanol–water partition coefficient (Wildman–Crippen LogP) is 13.5. The van der Waals surface area contributed by atoms with E-state index in [0.717, 1.165) is 0 Å². The lowest BCUT2D eigenvalue weighted by Crippen LogP contribution is -1.83.